The van der Waals surface area contributed by atoms with E-state index in [9.17, 15) is 0 Å². The van der Waals surface area contributed by atoms with E-state index in [-0.39, 0.29) is 0 Å². The monoisotopic (exact) mass is 168 g/mol. The van der Waals surface area contributed by atoms with Crippen molar-refractivity contribution in [2.24, 2.45) is 5.92 Å². The summed E-state index contributed by atoms with van der Waals surface area (Å²) in [5.41, 5.74) is 0. The number of nitrogens with one attached hydrogen (secondary N) is 2. The third-order valence-electron chi connectivity index (χ3n) is 2.39. The molecule has 0 aliphatic carbocycles. The van der Waals surface area contributed by atoms with Gasteiger partial charge < -0.3 is 10.6 Å². The molecule has 0 spiro atoms. The second-order valence-electron chi connectivity index (χ2n) is 3.45. The Hall–Kier alpha value is -0.340. The maximum absolute atomic E-state index is 3.70. The second-order valence-corrected chi connectivity index (χ2v) is 3.45. The minimum atomic E-state index is 0.750. The lowest BCUT2D eigenvalue weighted by Gasteiger charge is -1.93. The van der Waals surface area contributed by atoms with Crippen molar-refractivity contribution in [3.63, 3.8) is 0 Å². The van der Waals surface area contributed by atoms with Gasteiger partial charge in [-0.3, -0.25) is 0 Å². The SMILES string of the molecule is C1CCNC1.C=CC1CCNC1. The van der Waals surface area contributed by atoms with Gasteiger partial charge >= 0.3 is 0 Å². The molecule has 12 heavy (non-hydrogen) atoms. The summed E-state index contributed by atoms with van der Waals surface area (Å²) in [5.74, 6) is 0.750. The molecule has 1 atom stereocenters. The zero-order valence-electron chi connectivity index (χ0n) is 7.81. The summed E-state index contributed by atoms with van der Waals surface area (Å²) in [6.07, 6.45) is 6.09. The van der Waals surface area contributed by atoms with E-state index in [1.54, 1.807) is 0 Å². The fourth-order valence-electron chi connectivity index (χ4n) is 1.50. The molecule has 0 bridgehead atoms. The molecular formula is C10H20N2. The molecule has 2 saturated heterocycles. The van der Waals surface area contributed by atoms with Gasteiger partial charge in [0, 0.05) is 6.54 Å². The van der Waals surface area contributed by atoms with Gasteiger partial charge in [0.2, 0.25) is 0 Å². The molecule has 0 saturated carbocycles. The van der Waals surface area contributed by atoms with Gasteiger partial charge in [-0.1, -0.05) is 6.08 Å². The summed E-state index contributed by atoms with van der Waals surface area (Å²) in [4.78, 5) is 0. The third-order valence-corrected chi connectivity index (χ3v) is 2.39. The van der Waals surface area contributed by atoms with Gasteiger partial charge in [0.15, 0.2) is 0 Å². The molecule has 1 unspecified atom stereocenters. The molecule has 0 radical (unpaired) electrons. The summed E-state index contributed by atoms with van der Waals surface area (Å²) in [7, 11) is 0. The lowest BCUT2D eigenvalue weighted by molar-refractivity contribution is 0.730. The van der Waals surface area contributed by atoms with E-state index in [1.165, 1.54) is 38.9 Å². The Morgan fingerprint density at radius 2 is 1.83 bits per heavy atom. The molecule has 2 nitrogen and oxygen atoms in total. The van der Waals surface area contributed by atoms with E-state index in [2.05, 4.69) is 17.2 Å². The normalized spacial score (nSPS) is 27.8. The van der Waals surface area contributed by atoms with Crippen LogP contribution in [-0.2, 0) is 0 Å². The Bertz CT molecular complexity index is 105. The van der Waals surface area contributed by atoms with Crippen LogP contribution in [0.15, 0.2) is 12.7 Å². The zero-order chi connectivity index (χ0) is 8.65. The summed E-state index contributed by atoms with van der Waals surface area (Å²) in [6.45, 7) is 8.52. The lowest BCUT2D eigenvalue weighted by atomic mass is 10.1. The van der Waals surface area contributed by atoms with Crippen molar-refractivity contribution >= 4 is 0 Å². The largest absolute Gasteiger partial charge is 0.317 e. The Morgan fingerprint density at radius 1 is 1.08 bits per heavy atom. The second kappa shape index (κ2) is 6.21. The van der Waals surface area contributed by atoms with Gasteiger partial charge in [0.05, 0.1) is 0 Å². The van der Waals surface area contributed by atoms with Crippen molar-refractivity contribution in [3.8, 4) is 0 Å². The summed E-state index contributed by atoms with van der Waals surface area (Å²) in [6, 6.07) is 0. The smallest absolute Gasteiger partial charge is 0.00145 e. The van der Waals surface area contributed by atoms with Crippen LogP contribution >= 0.6 is 0 Å². The molecule has 0 aromatic heterocycles. The summed E-state index contributed by atoms with van der Waals surface area (Å²) >= 11 is 0. The summed E-state index contributed by atoms with van der Waals surface area (Å²) in [5, 5.41) is 6.47. The van der Waals surface area contributed by atoms with Gasteiger partial charge in [-0.15, -0.1) is 6.58 Å². The first-order valence-electron chi connectivity index (χ1n) is 4.97. The van der Waals surface area contributed by atoms with Crippen molar-refractivity contribution in [3.05, 3.63) is 12.7 Å². The van der Waals surface area contributed by atoms with Crippen molar-refractivity contribution in [1.82, 2.24) is 10.6 Å². The van der Waals surface area contributed by atoms with Crippen LogP contribution in [0.1, 0.15) is 19.3 Å². The van der Waals surface area contributed by atoms with E-state index >= 15 is 0 Å². The maximum Gasteiger partial charge on any atom is 0.00145 e. The fourth-order valence-corrected chi connectivity index (χ4v) is 1.50. The van der Waals surface area contributed by atoms with Gasteiger partial charge in [-0.25, -0.2) is 0 Å². The molecule has 2 heterocycles. The van der Waals surface area contributed by atoms with E-state index in [4.69, 9.17) is 0 Å². The molecule has 2 aliphatic heterocycles. The van der Waals surface area contributed by atoms with Gasteiger partial charge in [-0.2, -0.15) is 0 Å². The molecule has 2 N–H and O–H groups in total. The van der Waals surface area contributed by atoms with E-state index in [0.29, 0.717) is 0 Å². The van der Waals surface area contributed by atoms with Crippen LogP contribution in [0.2, 0.25) is 0 Å². The highest BCUT2D eigenvalue weighted by molar-refractivity contribution is 4.84. The van der Waals surface area contributed by atoms with Crippen molar-refractivity contribution in [2.75, 3.05) is 26.2 Å². The highest BCUT2D eigenvalue weighted by Gasteiger charge is 2.08. The fraction of sp³-hybridized carbons (Fsp3) is 0.800. The van der Waals surface area contributed by atoms with Crippen molar-refractivity contribution in [2.45, 2.75) is 19.3 Å². The molecule has 70 valence electrons. The van der Waals surface area contributed by atoms with E-state index < -0.39 is 0 Å². The van der Waals surface area contributed by atoms with Crippen LogP contribution in [-0.4, -0.2) is 26.2 Å². The van der Waals surface area contributed by atoms with Gasteiger partial charge in [0.1, 0.15) is 0 Å². The van der Waals surface area contributed by atoms with Crippen molar-refractivity contribution < 1.29 is 0 Å². The predicted molar refractivity (Wildman–Crippen MR) is 53.3 cm³/mol. The van der Waals surface area contributed by atoms with E-state index in [0.717, 1.165) is 12.5 Å². The van der Waals surface area contributed by atoms with Crippen LogP contribution in [0.25, 0.3) is 0 Å². The molecule has 2 rings (SSSR count). The van der Waals surface area contributed by atoms with Gasteiger partial charge in [0.25, 0.3) is 0 Å². The highest BCUT2D eigenvalue weighted by atomic mass is 14.9. The standard InChI is InChI=1S/C6H11N.C4H9N/c1-2-6-3-4-7-5-6;1-2-4-5-3-1/h2,6-7H,1,3-5H2;5H,1-4H2. The molecule has 0 aromatic carbocycles. The minimum Gasteiger partial charge on any atom is -0.317 e. The first-order valence-corrected chi connectivity index (χ1v) is 4.97. The molecule has 2 fully saturated rings. The molecular weight excluding hydrogens is 148 g/mol. The van der Waals surface area contributed by atoms with Crippen LogP contribution < -0.4 is 10.6 Å². The van der Waals surface area contributed by atoms with Crippen LogP contribution in [0, 0.1) is 5.92 Å². The van der Waals surface area contributed by atoms with Gasteiger partial charge in [-0.05, 0) is 44.8 Å². The highest BCUT2D eigenvalue weighted by Crippen LogP contribution is 2.06. The molecule has 0 aromatic rings. The Balaban J connectivity index is 0.000000127. The Labute approximate surface area is 75.4 Å². The quantitative estimate of drug-likeness (QED) is 0.574. The Morgan fingerprint density at radius 3 is 2.08 bits per heavy atom. The predicted octanol–water partition coefficient (Wildman–Crippen LogP) is 1.15. The molecule has 2 heteroatoms. The number of hydrogen-bond donors (Lipinski definition) is 2. The average molecular weight is 168 g/mol. The maximum atomic E-state index is 3.70. The van der Waals surface area contributed by atoms with Crippen LogP contribution in [0.5, 0.6) is 0 Å². The third kappa shape index (κ3) is 3.88. The summed E-state index contributed by atoms with van der Waals surface area (Å²) < 4.78 is 0. The topological polar surface area (TPSA) is 24.1 Å². The first kappa shape index (κ1) is 9.75. The number of rotatable bonds is 1. The van der Waals surface area contributed by atoms with Crippen LogP contribution in [0.4, 0.5) is 0 Å². The zero-order valence-corrected chi connectivity index (χ0v) is 7.81. The minimum absolute atomic E-state index is 0.750. The lowest BCUT2D eigenvalue weighted by Crippen LogP contribution is -2.06. The average Bonchev–Trinajstić information content (AvgIpc) is 2.81. The Kier molecular flexibility index (Phi) is 5.04. The van der Waals surface area contributed by atoms with Crippen LogP contribution in [0.3, 0.4) is 0 Å². The first-order chi connectivity index (χ1) is 5.93. The van der Waals surface area contributed by atoms with Crippen molar-refractivity contribution in [1.29, 1.82) is 0 Å². The van der Waals surface area contributed by atoms with E-state index in [1.807, 2.05) is 6.08 Å². The molecule has 2 aliphatic rings. The number of hydrogen-bond acceptors (Lipinski definition) is 2. The molecule has 0 amide bonds.